The Balaban J connectivity index is 1.59. The van der Waals surface area contributed by atoms with Crippen LogP contribution >= 0.6 is 0 Å². The number of carbonyl (C=O) groups excluding carboxylic acids is 2. The average Bonchev–Trinajstić information content (AvgIpc) is 3.26. The summed E-state index contributed by atoms with van der Waals surface area (Å²) in [4.78, 5) is 24.3. The number of benzene rings is 1. The fourth-order valence-electron chi connectivity index (χ4n) is 3.05. The van der Waals surface area contributed by atoms with Gasteiger partial charge in [-0.1, -0.05) is 18.2 Å². The van der Waals surface area contributed by atoms with Gasteiger partial charge in [0, 0.05) is 13.2 Å². The van der Waals surface area contributed by atoms with E-state index in [0.29, 0.717) is 23.5 Å². The summed E-state index contributed by atoms with van der Waals surface area (Å²) in [6.07, 6.45) is 2.01. The first kappa shape index (κ1) is 18.1. The Labute approximate surface area is 152 Å². The first-order valence-electron chi connectivity index (χ1n) is 8.73. The van der Waals surface area contributed by atoms with E-state index in [1.807, 2.05) is 30.3 Å². The van der Waals surface area contributed by atoms with Crippen molar-refractivity contribution in [2.24, 2.45) is 0 Å². The van der Waals surface area contributed by atoms with Gasteiger partial charge in [0.05, 0.1) is 23.2 Å². The number of hydrogen-bond donors (Lipinski definition) is 1. The molecule has 1 amide bonds. The molecule has 7 heteroatoms. The van der Waals surface area contributed by atoms with Crippen LogP contribution in [0.1, 0.15) is 34.6 Å². The largest absolute Gasteiger partial charge is 0.452 e. The lowest BCUT2D eigenvalue weighted by Crippen LogP contribution is -2.34. The van der Waals surface area contributed by atoms with E-state index in [1.165, 1.54) is 0 Å². The minimum absolute atomic E-state index is 0.0586. The van der Waals surface area contributed by atoms with Crippen LogP contribution in [0, 0.1) is 13.8 Å². The van der Waals surface area contributed by atoms with Crippen molar-refractivity contribution in [3.8, 4) is 5.69 Å². The van der Waals surface area contributed by atoms with Gasteiger partial charge in [-0.3, -0.25) is 4.79 Å². The van der Waals surface area contributed by atoms with Crippen molar-refractivity contribution in [1.29, 1.82) is 0 Å². The van der Waals surface area contributed by atoms with Gasteiger partial charge in [-0.15, -0.1) is 0 Å². The minimum Gasteiger partial charge on any atom is -0.452 e. The molecule has 1 fully saturated rings. The summed E-state index contributed by atoms with van der Waals surface area (Å²) in [5.74, 6) is -0.881. The molecule has 2 aromatic rings. The second-order valence-electron chi connectivity index (χ2n) is 6.31. The van der Waals surface area contributed by atoms with Crippen LogP contribution in [0.2, 0.25) is 0 Å². The molecule has 0 unspecified atom stereocenters. The lowest BCUT2D eigenvalue weighted by atomic mass is 10.2. The third kappa shape index (κ3) is 4.11. The summed E-state index contributed by atoms with van der Waals surface area (Å²) in [6.45, 7) is 4.42. The van der Waals surface area contributed by atoms with E-state index in [9.17, 15) is 9.59 Å². The van der Waals surface area contributed by atoms with Gasteiger partial charge in [-0.25, -0.2) is 9.48 Å². The van der Waals surface area contributed by atoms with E-state index in [1.54, 1.807) is 18.5 Å². The molecule has 1 aliphatic rings. The fourth-order valence-corrected chi connectivity index (χ4v) is 3.05. The van der Waals surface area contributed by atoms with Crippen LogP contribution in [0.25, 0.3) is 5.69 Å². The zero-order valence-corrected chi connectivity index (χ0v) is 15.0. The highest BCUT2D eigenvalue weighted by molar-refractivity contribution is 5.93. The second-order valence-corrected chi connectivity index (χ2v) is 6.31. The van der Waals surface area contributed by atoms with Gasteiger partial charge in [0.25, 0.3) is 5.91 Å². The smallest absolute Gasteiger partial charge is 0.342 e. The van der Waals surface area contributed by atoms with Gasteiger partial charge in [-0.2, -0.15) is 5.10 Å². The van der Waals surface area contributed by atoms with Crippen molar-refractivity contribution in [3.05, 3.63) is 47.3 Å². The minimum atomic E-state index is -0.547. The molecular formula is C19H23N3O4. The van der Waals surface area contributed by atoms with E-state index in [0.717, 1.165) is 25.1 Å². The molecule has 2 heterocycles. The Morgan fingerprint density at radius 1 is 1.31 bits per heavy atom. The average molecular weight is 357 g/mol. The summed E-state index contributed by atoms with van der Waals surface area (Å²) in [7, 11) is 0. The molecule has 1 saturated heterocycles. The highest BCUT2D eigenvalue weighted by Crippen LogP contribution is 2.18. The number of nitrogens with one attached hydrogen (secondary N) is 1. The summed E-state index contributed by atoms with van der Waals surface area (Å²) in [5, 5.41) is 7.15. The van der Waals surface area contributed by atoms with E-state index >= 15 is 0 Å². The van der Waals surface area contributed by atoms with Crippen LogP contribution in [0.4, 0.5) is 0 Å². The maximum Gasteiger partial charge on any atom is 0.342 e. The van der Waals surface area contributed by atoms with Crippen molar-refractivity contribution >= 4 is 11.9 Å². The SMILES string of the molecule is Cc1nn(-c2ccccc2)c(C)c1C(=O)OCC(=O)NC[C@@H]1CCCO1. The number of esters is 1. The predicted molar refractivity (Wildman–Crippen MR) is 95.3 cm³/mol. The number of aryl methyl sites for hydroxylation is 1. The highest BCUT2D eigenvalue weighted by Gasteiger charge is 2.22. The Morgan fingerprint density at radius 2 is 2.08 bits per heavy atom. The zero-order valence-electron chi connectivity index (χ0n) is 15.0. The molecular weight excluding hydrogens is 334 g/mol. The van der Waals surface area contributed by atoms with Crippen molar-refractivity contribution in [2.45, 2.75) is 32.8 Å². The Morgan fingerprint density at radius 3 is 2.77 bits per heavy atom. The normalized spacial score (nSPS) is 16.5. The quantitative estimate of drug-likeness (QED) is 0.799. The van der Waals surface area contributed by atoms with Crippen molar-refractivity contribution < 1.29 is 19.1 Å². The lowest BCUT2D eigenvalue weighted by Gasteiger charge is -2.11. The van der Waals surface area contributed by atoms with E-state index in [4.69, 9.17) is 9.47 Å². The highest BCUT2D eigenvalue weighted by atomic mass is 16.5. The molecule has 1 aromatic heterocycles. The first-order chi connectivity index (χ1) is 12.6. The van der Waals surface area contributed by atoms with Gasteiger partial charge < -0.3 is 14.8 Å². The molecule has 0 saturated carbocycles. The number of amides is 1. The van der Waals surface area contributed by atoms with Gasteiger partial charge >= 0.3 is 5.97 Å². The van der Waals surface area contributed by atoms with Crippen molar-refractivity contribution in [1.82, 2.24) is 15.1 Å². The number of nitrogens with zero attached hydrogens (tertiary/aromatic N) is 2. The van der Waals surface area contributed by atoms with E-state index < -0.39 is 5.97 Å². The first-order valence-corrected chi connectivity index (χ1v) is 8.73. The molecule has 0 radical (unpaired) electrons. The van der Waals surface area contributed by atoms with Crippen LogP contribution in [0.15, 0.2) is 30.3 Å². The topological polar surface area (TPSA) is 82.5 Å². The maximum atomic E-state index is 12.4. The van der Waals surface area contributed by atoms with Crippen LogP contribution in [-0.4, -0.2) is 47.5 Å². The van der Waals surface area contributed by atoms with Crippen molar-refractivity contribution in [2.75, 3.05) is 19.8 Å². The number of rotatable bonds is 6. The molecule has 1 N–H and O–H groups in total. The fraction of sp³-hybridized carbons (Fsp3) is 0.421. The third-order valence-electron chi connectivity index (χ3n) is 4.38. The molecule has 3 rings (SSSR count). The van der Waals surface area contributed by atoms with Crippen LogP contribution in [0.5, 0.6) is 0 Å². The summed E-state index contributed by atoms with van der Waals surface area (Å²) in [5.41, 5.74) is 2.50. The monoisotopic (exact) mass is 357 g/mol. The molecule has 0 bridgehead atoms. The standard InChI is InChI=1S/C19H23N3O4/c1-13-18(14(2)22(21-13)15-7-4-3-5-8-15)19(24)26-12-17(23)20-11-16-9-6-10-25-16/h3-5,7-8,16H,6,9-12H2,1-2H3,(H,20,23)/t16-/m0/s1. The summed E-state index contributed by atoms with van der Waals surface area (Å²) in [6, 6.07) is 9.55. The Kier molecular flexibility index (Phi) is 5.68. The molecule has 0 aliphatic carbocycles. The molecule has 0 spiro atoms. The molecule has 1 aromatic carbocycles. The second kappa shape index (κ2) is 8.14. The van der Waals surface area contributed by atoms with E-state index in [2.05, 4.69) is 10.4 Å². The summed E-state index contributed by atoms with van der Waals surface area (Å²) >= 11 is 0. The van der Waals surface area contributed by atoms with Gasteiger partial charge in [0.1, 0.15) is 5.56 Å². The molecule has 1 atom stereocenters. The maximum absolute atomic E-state index is 12.4. The molecule has 1 aliphatic heterocycles. The van der Waals surface area contributed by atoms with Crippen LogP contribution < -0.4 is 5.32 Å². The predicted octanol–water partition coefficient (Wildman–Crippen LogP) is 1.94. The third-order valence-corrected chi connectivity index (χ3v) is 4.38. The number of para-hydroxylation sites is 1. The lowest BCUT2D eigenvalue weighted by molar-refractivity contribution is -0.124. The zero-order chi connectivity index (χ0) is 18.5. The molecule has 7 nitrogen and oxygen atoms in total. The number of hydrogen-bond acceptors (Lipinski definition) is 5. The van der Waals surface area contributed by atoms with E-state index in [-0.39, 0.29) is 18.6 Å². The van der Waals surface area contributed by atoms with Crippen molar-refractivity contribution in [3.63, 3.8) is 0 Å². The number of ether oxygens (including phenoxy) is 2. The van der Waals surface area contributed by atoms with Crippen LogP contribution in [-0.2, 0) is 14.3 Å². The Hall–Kier alpha value is -2.67. The number of aromatic nitrogens is 2. The molecule has 138 valence electrons. The van der Waals surface area contributed by atoms with Gasteiger partial charge in [-0.05, 0) is 38.8 Å². The summed E-state index contributed by atoms with van der Waals surface area (Å²) < 4.78 is 12.3. The number of carbonyl (C=O) groups is 2. The van der Waals surface area contributed by atoms with Gasteiger partial charge in [0.2, 0.25) is 0 Å². The van der Waals surface area contributed by atoms with Crippen LogP contribution in [0.3, 0.4) is 0 Å². The Bertz CT molecular complexity index is 780. The molecule has 26 heavy (non-hydrogen) atoms. The van der Waals surface area contributed by atoms with Gasteiger partial charge in [0.15, 0.2) is 6.61 Å².